The van der Waals surface area contributed by atoms with E-state index in [1.165, 1.54) is 5.56 Å². The highest BCUT2D eigenvalue weighted by atomic mass is 35.5. The molecule has 0 aliphatic heterocycles. The molecule has 1 rings (SSSR count). The van der Waals surface area contributed by atoms with E-state index < -0.39 is 0 Å². The lowest BCUT2D eigenvalue weighted by Gasteiger charge is -2.21. The number of halogens is 1. The molecule has 0 radical (unpaired) electrons. The van der Waals surface area contributed by atoms with Gasteiger partial charge in [0.1, 0.15) is 0 Å². The van der Waals surface area contributed by atoms with Gasteiger partial charge in [0.15, 0.2) is 0 Å². The highest BCUT2D eigenvalue weighted by molar-refractivity contribution is 6.31. The van der Waals surface area contributed by atoms with E-state index in [-0.39, 0.29) is 12.1 Å². The topological polar surface area (TPSA) is 21.3 Å². The first-order chi connectivity index (χ1) is 8.04. The zero-order chi connectivity index (χ0) is 12.8. The Morgan fingerprint density at radius 1 is 1.35 bits per heavy atom. The summed E-state index contributed by atoms with van der Waals surface area (Å²) in [5.74, 6) is 0. The van der Waals surface area contributed by atoms with Gasteiger partial charge in [0.05, 0.1) is 18.8 Å². The molecular weight excluding hydrogens is 234 g/mol. The van der Waals surface area contributed by atoms with Crippen molar-refractivity contribution in [2.24, 2.45) is 0 Å². The van der Waals surface area contributed by atoms with Crippen molar-refractivity contribution in [2.45, 2.75) is 39.8 Å². The zero-order valence-corrected chi connectivity index (χ0v) is 11.8. The Labute approximate surface area is 109 Å². The van der Waals surface area contributed by atoms with Crippen LogP contribution >= 0.6 is 11.6 Å². The first-order valence-electron chi connectivity index (χ1n) is 6.15. The summed E-state index contributed by atoms with van der Waals surface area (Å²) in [6.07, 6.45) is 0.236. The molecule has 0 bridgehead atoms. The number of benzene rings is 1. The lowest BCUT2D eigenvalue weighted by atomic mass is 10.1. The summed E-state index contributed by atoms with van der Waals surface area (Å²) in [6.45, 7) is 9.76. The van der Waals surface area contributed by atoms with Crippen LogP contribution < -0.4 is 5.32 Å². The van der Waals surface area contributed by atoms with Crippen LogP contribution in [-0.4, -0.2) is 19.3 Å². The Morgan fingerprint density at radius 2 is 2.06 bits per heavy atom. The Kier molecular flexibility index (Phi) is 5.96. The normalized spacial score (nSPS) is 13.1. The number of hydrogen-bond donors (Lipinski definition) is 1. The Balaban J connectivity index is 2.81. The van der Waals surface area contributed by atoms with Gasteiger partial charge in [0.2, 0.25) is 0 Å². The third-order valence-corrected chi connectivity index (χ3v) is 2.91. The molecule has 0 saturated carbocycles. The molecule has 0 aliphatic carbocycles. The maximum absolute atomic E-state index is 6.28. The van der Waals surface area contributed by atoms with Gasteiger partial charge in [-0.3, -0.25) is 0 Å². The highest BCUT2D eigenvalue weighted by Crippen LogP contribution is 2.24. The zero-order valence-electron chi connectivity index (χ0n) is 11.1. The summed E-state index contributed by atoms with van der Waals surface area (Å²) >= 11 is 6.28. The summed E-state index contributed by atoms with van der Waals surface area (Å²) in [5.41, 5.74) is 2.29. The lowest BCUT2D eigenvalue weighted by molar-refractivity contribution is 0.0614. The predicted molar refractivity (Wildman–Crippen MR) is 73.7 cm³/mol. The molecule has 1 atom stereocenters. The molecule has 96 valence electrons. The number of rotatable bonds is 6. The van der Waals surface area contributed by atoms with E-state index in [4.69, 9.17) is 16.3 Å². The molecule has 0 aliphatic rings. The molecular formula is C14H22ClNO. The molecule has 17 heavy (non-hydrogen) atoms. The lowest BCUT2D eigenvalue weighted by Crippen LogP contribution is -2.27. The maximum Gasteiger partial charge on any atom is 0.0665 e. The number of hydrogen-bond acceptors (Lipinski definition) is 2. The molecule has 1 aromatic carbocycles. The second-order valence-corrected chi connectivity index (χ2v) is 4.92. The first-order valence-corrected chi connectivity index (χ1v) is 6.53. The van der Waals surface area contributed by atoms with Gasteiger partial charge >= 0.3 is 0 Å². The van der Waals surface area contributed by atoms with Crippen molar-refractivity contribution < 1.29 is 4.74 Å². The maximum atomic E-state index is 6.28. The van der Waals surface area contributed by atoms with E-state index in [1.54, 1.807) is 0 Å². The van der Waals surface area contributed by atoms with Crippen LogP contribution in [0.4, 0.5) is 0 Å². The fourth-order valence-electron chi connectivity index (χ4n) is 1.71. The van der Waals surface area contributed by atoms with E-state index >= 15 is 0 Å². The fourth-order valence-corrected chi connectivity index (χ4v) is 2.08. The summed E-state index contributed by atoms with van der Waals surface area (Å²) in [7, 11) is 0. The van der Waals surface area contributed by atoms with Crippen LogP contribution in [0.3, 0.4) is 0 Å². The number of aryl methyl sites for hydroxylation is 1. The van der Waals surface area contributed by atoms with E-state index in [2.05, 4.69) is 24.4 Å². The molecule has 0 saturated heterocycles. The monoisotopic (exact) mass is 255 g/mol. The van der Waals surface area contributed by atoms with Gasteiger partial charge in [-0.1, -0.05) is 30.7 Å². The average molecular weight is 256 g/mol. The third kappa shape index (κ3) is 4.66. The minimum Gasteiger partial charge on any atom is -0.377 e. The smallest absolute Gasteiger partial charge is 0.0665 e. The van der Waals surface area contributed by atoms with Crippen LogP contribution in [0.5, 0.6) is 0 Å². The molecule has 0 spiro atoms. The number of nitrogens with one attached hydrogen (secondary N) is 1. The van der Waals surface area contributed by atoms with Crippen molar-refractivity contribution in [1.29, 1.82) is 0 Å². The van der Waals surface area contributed by atoms with Crippen molar-refractivity contribution in [3.05, 3.63) is 34.3 Å². The molecule has 3 heteroatoms. The van der Waals surface area contributed by atoms with Crippen LogP contribution in [0, 0.1) is 6.92 Å². The van der Waals surface area contributed by atoms with Crippen LogP contribution in [0.1, 0.15) is 37.9 Å². The van der Waals surface area contributed by atoms with Crippen LogP contribution in [-0.2, 0) is 4.74 Å². The molecule has 0 fully saturated rings. The van der Waals surface area contributed by atoms with Crippen molar-refractivity contribution in [2.75, 3.05) is 13.2 Å². The molecule has 2 nitrogen and oxygen atoms in total. The molecule has 0 aromatic heterocycles. The van der Waals surface area contributed by atoms with Gasteiger partial charge in [-0.05, 0) is 44.5 Å². The second kappa shape index (κ2) is 7.00. The second-order valence-electron chi connectivity index (χ2n) is 4.52. The minimum absolute atomic E-state index is 0.163. The van der Waals surface area contributed by atoms with Crippen LogP contribution in [0.25, 0.3) is 0 Å². The fraction of sp³-hybridized carbons (Fsp3) is 0.571. The standard InChI is InChI=1S/C14H22ClNO/c1-5-16-14(9-17-10(2)3)12-7-6-11(4)8-13(12)15/h6-8,10,14,16H,5,9H2,1-4H3. The van der Waals surface area contributed by atoms with Gasteiger partial charge in [-0.2, -0.15) is 0 Å². The largest absolute Gasteiger partial charge is 0.377 e. The molecule has 1 N–H and O–H groups in total. The summed E-state index contributed by atoms with van der Waals surface area (Å²) < 4.78 is 5.68. The summed E-state index contributed by atoms with van der Waals surface area (Å²) in [4.78, 5) is 0. The molecule has 1 unspecified atom stereocenters. The molecule has 0 heterocycles. The SMILES string of the molecule is CCNC(COC(C)C)c1ccc(C)cc1Cl. The van der Waals surface area contributed by atoms with Crippen LogP contribution in [0.15, 0.2) is 18.2 Å². The molecule has 0 amide bonds. The first kappa shape index (κ1) is 14.5. The summed E-state index contributed by atoms with van der Waals surface area (Å²) in [6, 6.07) is 6.32. The van der Waals surface area contributed by atoms with Gasteiger partial charge in [-0.15, -0.1) is 0 Å². The van der Waals surface area contributed by atoms with Gasteiger partial charge < -0.3 is 10.1 Å². The Hall–Kier alpha value is -0.570. The number of ether oxygens (including phenoxy) is 1. The van der Waals surface area contributed by atoms with Gasteiger partial charge in [0, 0.05) is 5.02 Å². The van der Waals surface area contributed by atoms with Crippen molar-refractivity contribution in [3.8, 4) is 0 Å². The van der Waals surface area contributed by atoms with E-state index in [9.17, 15) is 0 Å². The van der Waals surface area contributed by atoms with Gasteiger partial charge in [0.25, 0.3) is 0 Å². The quantitative estimate of drug-likeness (QED) is 0.837. The molecule has 1 aromatic rings. The van der Waals surface area contributed by atoms with E-state index in [1.807, 2.05) is 26.8 Å². The minimum atomic E-state index is 0.163. The number of likely N-dealkylation sites (N-methyl/N-ethyl adjacent to an activating group) is 1. The highest BCUT2D eigenvalue weighted by Gasteiger charge is 2.14. The van der Waals surface area contributed by atoms with Crippen molar-refractivity contribution in [3.63, 3.8) is 0 Å². The average Bonchev–Trinajstić information content (AvgIpc) is 2.24. The van der Waals surface area contributed by atoms with Gasteiger partial charge in [-0.25, -0.2) is 0 Å². The Bertz CT molecular complexity index is 352. The van der Waals surface area contributed by atoms with E-state index in [0.717, 1.165) is 17.1 Å². The summed E-state index contributed by atoms with van der Waals surface area (Å²) in [5, 5.41) is 4.21. The van der Waals surface area contributed by atoms with E-state index in [0.29, 0.717) is 6.61 Å². The predicted octanol–water partition coefficient (Wildman–Crippen LogP) is 3.72. The van der Waals surface area contributed by atoms with Crippen LogP contribution in [0.2, 0.25) is 5.02 Å². The van der Waals surface area contributed by atoms with Crippen molar-refractivity contribution >= 4 is 11.6 Å². The van der Waals surface area contributed by atoms with Crippen molar-refractivity contribution in [1.82, 2.24) is 5.32 Å². The third-order valence-electron chi connectivity index (χ3n) is 2.58. The Morgan fingerprint density at radius 3 is 2.59 bits per heavy atom.